The molecule has 0 unspecified atom stereocenters. The SMILES string of the molecule is C[C@H](CO)N1C[C@H](C)[C@@H](CN(C)Cc2ccncc2)Oc2ccc(NS(=O)(=O)c3cn(C)cn3)cc2C1=O. The second-order valence-corrected chi connectivity index (χ2v) is 11.5. The molecule has 1 aliphatic rings. The molecular weight excluding hydrogens is 508 g/mol. The number of rotatable bonds is 9. The Labute approximate surface area is 223 Å². The summed E-state index contributed by atoms with van der Waals surface area (Å²) in [5.41, 5.74) is 1.56. The number of pyridine rings is 1. The second-order valence-electron chi connectivity index (χ2n) is 9.87. The number of carbonyl (C=O) groups excluding carboxylic acids is 1. The van der Waals surface area contributed by atoms with Crippen LogP contribution in [0.1, 0.15) is 29.8 Å². The largest absolute Gasteiger partial charge is 0.488 e. The number of hydrogen-bond acceptors (Lipinski definition) is 8. The first-order valence-electron chi connectivity index (χ1n) is 12.4. The Bertz CT molecular complexity index is 1360. The van der Waals surface area contributed by atoms with Gasteiger partial charge in [0.1, 0.15) is 11.9 Å². The van der Waals surface area contributed by atoms with Crippen molar-refractivity contribution >= 4 is 21.6 Å². The number of fused-ring (bicyclic) bond motifs is 1. The molecule has 0 fully saturated rings. The van der Waals surface area contributed by atoms with Gasteiger partial charge < -0.3 is 19.3 Å². The van der Waals surface area contributed by atoms with Gasteiger partial charge in [-0.3, -0.25) is 19.4 Å². The molecule has 0 saturated carbocycles. The molecule has 3 heterocycles. The topological polar surface area (TPSA) is 130 Å². The van der Waals surface area contributed by atoms with Crippen LogP contribution in [0.15, 0.2) is 60.3 Å². The lowest BCUT2D eigenvalue weighted by molar-refractivity contribution is 0.0341. The van der Waals surface area contributed by atoms with Crippen molar-refractivity contribution in [3.63, 3.8) is 0 Å². The van der Waals surface area contributed by atoms with Gasteiger partial charge >= 0.3 is 0 Å². The van der Waals surface area contributed by atoms with E-state index in [9.17, 15) is 18.3 Å². The van der Waals surface area contributed by atoms with Gasteiger partial charge in [0, 0.05) is 56.9 Å². The first kappa shape index (κ1) is 27.6. The van der Waals surface area contributed by atoms with Crippen molar-refractivity contribution in [3.8, 4) is 5.75 Å². The molecule has 2 N–H and O–H groups in total. The van der Waals surface area contributed by atoms with Crippen LogP contribution in [0.25, 0.3) is 0 Å². The molecule has 1 amide bonds. The van der Waals surface area contributed by atoms with E-state index >= 15 is 0 Å². The number of carbonyl (C=O) groups is 1. The number of aromatic nitrogens is 3. The van der Waals surface area contributed by atoms with Gasteiger partial charge in [-0.25, -0.2) is 4.98 Å². The predicted octanol–water partition coefficient (Wildman–Crippen LogP) is 1.97. The number of imidazole rings is 1. The Morgan fingerprint density at radius 3 is 2.66 bits per heavy atom. The number of sulfonamides is 1. The normalized spacial score (nSPS) is 18.9. The maximum absolute atomic E-state index is 13.6. The summed E-state index contributed by atoms with van der Waals surface area (Å²) in [4.78, 5) is 25.4. The summed E-state index contributed by atoms with van der Waals surface area (Å²) in [5.74, 6) is -0.0148. The average Bonchev–Trinajstić information content (AvgIpc) is 3.34. The first-order chi connectivity index (χ1) is 18.1. The molecule has 0 bridgehead atoms. The maximum Gasteiger partial charge on any atom is 0.280 e. The standard InChI is InChI=1S/C26H34N6O5S/c1-18-12-32(19(2)16-33)26(34)22-11-21(29-38(35,36)25-15-31(4)17-28-25)5-6-23(22)37-24(18)14-30(3)13-20-7-9-27-10-8-20/h5-11,15,17-19,24,29,33H,12-14,16H2,1-4H3/t18-,19+,24+/m0/s1. The number of amides is 1. The first-order valence-corrected chi connectivity index (χ1v) is 13.9. The van der Waals surface area contributed by atoms with Gasteiger partial charge in [0.2, 0.25) is 0 Å². The van der Waals surface area contributed by atoms with Crippen molar-refractivity contribution < 1.29 is 23.1 Å². The van der Waals surface area contributed by atoms with Crippen LogP contribution in [0.4, 0.5) is 5.69 Å². The number of hydrogen-bond donors (Lipinski definition) is 2. The van der Waals surface area contributed by atoms with Crippen molar-refractivity contribution in [1.82, 2.24) is 24.3 Å². The van der Waals surface area contributed by atoms with Gasteiger partial charge in [0.05, 0.1) is 24.5 Å². The lowest BCUT2D eigenvalue weighted by Gasteiger charge is -2.38. The third kappa shape index (κ3) is 6.32. The fraction of sp³-hybridized carbons (Fsp3) is 0.423. The molecule has 0 spiro atoms. The fourth-order valence-electron chi connectivity index (χ4n) is 4.41. The molecule has 4 rings (SSSR count). The second kappa shape index (κ2) is 11.5. The number of aryl methyl sites for hydroxylation is 1. The number of anilines is 1. The Kier molecular flexibility index (Phi) is 8.34. The summed E-state index contributed by atoms with van der Waals surface area (Å²) >= 11 is 0. The van der Waals surface area contributed by atoms with Crippen LogP contribution in [0.5, 0.6) is 5.75 Å². The Morgan fingerprint density at radius 1 is 1.26 bits per heavy atom. The lowest BCUT2D eigenvalue weighted by atomic mass is 9.99. The average molecular weight is 543 g/mol. The summed E-state index contributed by atoms with van der Waals surface area (Å²) in [5, 5.41) is 9.74. The van der Waals surface area contributed by atoms with Crippen molar-refractivity contribution in [3.05, 3.63) is 66.4 Å². The van der Waals surface area contributed by atoms with Crippen LogP contribution in [0.3, 0.4) is 0 Å². The van der Waals surface area contributed by atoms with Gasteiger partial charge in [-0.2, -0.15) is 8.42 Å². The molecule has 2 aromatic heterocycles. The molecule has 1 aliphatic heterocycles. The van der Waals surface area contributed by atoms with E-state index in [2.05, 4.69) is 19.6 Å². The quantitative estimate of drug-likeness (QED) is 0.420. The van der Waals surface area contributed by atoms with Crippen molar-refractivity contribution in [2.24, 2.45) is 13.0 Å². The Hall–Kier alpha value is -3.48. The Balaban J connectivity index is 1.63. The van der Waals surface area contributed by atoms with Crippen LogP contribution in [0, 0.1) is 5.92 Å². The van der Waals surface area contributed by atoms with E-state index in [0.29, 0.717) is 25.4 Å². The third-order valence-corrected chi connectivity index (χ3v) is 7.83. The van der Waals surface area contributed by atoms with Gasteiger partial charge in [-0.15, -0.1) is 0 Å². The minimum atomic E-state index is -3.95. The zero-order valence-electron chi connectivity index (χ0n) is 22.0. The number of benzene rings is 1. The highest BCUT2D eigenvalue weighted by Crippen LogP contribution is 2.31. The molecule has 0 radical (unpaired) electrons. The van der Waals surface area contributed by atoms with E-state index in [4.69, 9.17) is 4.74 Å². The lowest BCUT2D eigenvalue weighted by Crippen LogP contribution is -2.49. The molecule has 3 atom stereocenters. The number of likely N-dealkylation sites (N-methyl/N-ethyl adjacent to an activating group) is 1. The minimum absolute atomic E-state index is 0.0386. The third-order valence-electron chi connectivity index (χ3n) is 6.57. The van der Waals surface area contributed by atoms with Crippen LogP contribution in [-0.4, -0.2) is 82.7 Å². The van der Waals surface area contributed by atoms with Crippen LogP contribution in [-0.2, 0) is 23.6 Å². The van der Waals surface area contributed by atoms with Crippen LogP contribution < -0.4 is 9.46 Å². The van der Waals surface area contributed by atoms with Crippen LogP contribution >= 0.6 is 0 Å². The van der Waals surface area contributed by atoms with Gasteiger partial charge in [-0.05, 0) is 49.9 Å². The van der Waals surface area contributed by atoms with Crippen molar-refractivity contribution in [2.75, 3.05) is 31.5 Å². The van der Waals surface area contributed by atoms with E-state index in [0.717, 1.165) is 5.56 Å². The summed E-state index contributed by atoms with van der Waals surface area (Å²) in [6.45, 7) is 5.27. The number of nitrogens with one attached hydrogen (secondary N) is 1. The van der Waals surface area contributed by atoms with Crippen molar-refractivity contribution in [1.29, 1.82) is 0 Å². The highest BCUT2D eigenvalue weighted by Gasteiger charge is 2.34. The number of aliphatic hydroxyl groups excluding tert-OH is 1. The van der Waals surface area contributed by atoms with Gasteiger partial charge in [-0.1, -0.05) is 6.92 Å². The van der Waals surface area contributed by atoms with Crippen molar-refractivity contribution in [2.45, 2.75) is 37.6 Å². The summed E-state index contributed by atoms with van der Waals surface area (Å²) < 4.78 is 36.1. The number of ether oxygens (including phenoxy) is 1. The number of aliphatic hydroxyl groups is 1. The zero-order valence-corrected chi connectivity index (χ0v) is 22.8. The fourth-order valence-corrected chi connectivity index (χ4v) is 5.44. The molecule has 1 aromatic carbocycles. The highest BCUT2D eigenvalue weighted by atomic mass is 32.2. The van der Waals surface area contributed by atoms with E-state index in [-0.39, 0.29) is 40.8 Å². The van der Waals surface area contributed by atoms with E-state index in [1.807, 2.05) is 26.1 Å². The molecule has 204 valence electrons. The highest BCUT2D eigenvalue weighted by molar-refractivity contribution is 7.92. The molecule has 11 nitrogen and oxygen atoms in total. The molecule has 0 saturated heterocycles. The molecule has 12 heteroatoms. The van der Waals surface area contributed by atoms with Gasteiger partial charge in [0.15, 0.2) is 5.03 Å². The molecule has 38 heavy (non-hydrogen) atoms. The Morgan fingerprint density at radius 2 is 2.00 bits per heavy atom. The van der Waals surface area contributed by atoms with E-state index in [1.54, 1.807) is 43.4 Å². The number of nitrogens with zero attached hydrogens (tertiary/aromatic N) is 5. The summed E-state index contributed by atoms with van der Waals surface area (Å²) in [7, 11) is -0.270. The van der Waals surface area contributed by atoms with E-state index < -0.39 is 16.1 Å². The van der Waals surface area contributed by atoms with Crippen LogP contribution in [0.2, 0.25) is 0 Å². The van der Waals surface area contributed by atoms with Gasteiger partial charge in [0.25, 0.3) is 15.9 Å². The summed E-state index contributed by atoms with van der Waals surface area (Å²) in [6, 6.07) is 8.15. The van der Waals surface area contributed by atoms with E-state index in [1.165, 1.54) is 23.2 Å². The predicted molar refractivity (Wildman–Crippen MR) is 142 cm³/mol. The zero-order chi connectivity index (χ0) is 27.4. The molecule has 0 aliphatic carbocycles. The molecular formula is C26H34N6O5S. The molecule has 3 aromatic rings. The smallest absolute Gasteiger partial charge is 0.280 e. The minimum Gasteiger partial charge on any atom is -0.488 e. The maximum atomic E-state index is 13.6. The monoisotopic (exact) mass is 542 g/mol. The summed E-state index contributed by atoms with van der Waals surface area (Å²) in [6.07, 6.45) is 6.04.